The molecule has 16 heavy (non-hydrogen) atoms. The van der Waals surface area contributed by atoms with Gasteiger partial charge in [0.15, 0.2) is 0 Å². The number of fused-ring (bicyclic) bond motifs is 1. The van der Waals surface area contributed by atoms with E-state index in [1.54, 1.807) is 4.31 Å². The predicted molar refractivity (Wildman–Crippen MR) is 63.2 cm³/mol. The van der Waals surface area contributed by atoms with Gasteiger partial charge >= 0.3 is 0 Å². The third-order valence-corrected chi connectivity index (χ3v) is 5.42. The van der Waals surface area contributed by atoms with Crippen LogP contribution in [0.15, 0.2) is 0 Å². The summed E-state index contributed by atoms with van der Waals surface area (Å²) in [5, 5.41) is 3.35. The lowest BCUT2D eigenvalue weighted by Crippen LogP contribution is -2.45. The van der Waals surface area contributed by atoms with Crippen LogP contribution in [-0.2, 0) is 10.2 Å². The highest BCUT2D eigenvalue weighted by atomic mass is 32.2. The highest BCUT2D eigenvalue weighted by Gasteiger charge is 2.47. The molecule has 0 radical (unpaired) electrons. The summed E-state index contributed by atoms with van der Waals surface area (Å²) in [4.78, 5) is 0. The Morgan fingerprint density at radius 1 is 1.38 bits per heavy atom. The second-order valence-electron chi connectivity index (χ2n) is 4.63. The van der Waals surface area contributed by atoms with Crippen molar-refractivity contribution in [1.82, 2.24) is 14.3 Å². The molecule has 2 heterocycles. The first-order chi connectivity index (χ1) is 7.60. The molecule has 0 aromatic rings. The van der Waals surface area contributed by atoms with Gasteiger partial charge in [-0.2, -0.15) is 12.7 Å². The molecule has 2 aliphatic rings. The summed E-state index contributed by atoms with van der Waals surface area (Å²) >= 11 is 0. The molecule has 2 N–H and O–H groups in total. The Morgan fingerprint density at radius 2 is 2.12 bits per heavy atom. The van der Waals surface area contributed by atoms with E-state index in [4.69, 9.17) is 0 Å². The molecule has 2 saturated heterocycles. The Hall–Kier alpha value is -0.170. The highest BCUT2D eigenvalue weighted by Crippen LogP contribution is 2.35. The Labute approximate surface area is 97.8 Å². The van der Waals surface area contributed by atoms with Crippen molar-refractivity contribution in [3.8, 4) is 0 Å². The first kappa shape index (κ1) is 12.3. The Balaban J connectivity index is 2.17. The van der Waals surface area contributed by atoms with Crippen LogP contribution in [0.2, 0.25) is 0 Å². The summed E-state index contributed by atoms with van der Waals surface area (Å²) in [6, 6.07) is 0.170. The third-order valence-electron chi connectivity index (χ3n) is 3.72. The molecule has 0 aromatic carbocycles. The zero-order valence-electron chi connectivity index (χ0n) is 9.94. The average Bonchev–Trinajstić information content (AvgIpc) is 2.75. The zero-order valence-corrected chi connectivity index (χ0v) is 10.8. The van der Waals surface area contributed by atoms with Crippen molar-refractivity contribution in [2.45, 2.75) is 26.3 Å². The van der Waals surface area contributed by atoms with Crippen molar-refractivity contribution >= 4 is 10.2 Å². The molecule has 0 amide bonds. The molecule has 2 fully saturated rings. The number of nitrogens with one attached hydrogen (secondary N) is 2. The molecule has 2 rings (SSSR count). The molecule has 0 saturated carbocycles. The van der Waals surface area contributed by atoms with Crippen LogP contribution in [0.1, 0.15) is 20.3 Å². The molecular formula is C10H21N3O2S. The molecule has 0 bridgehead atoms. The Morgan fingerprint density at radius 3 is 2.75 bits per heavy atom. The van der Waals surface area contributed by atoms with Gasteiger partial charge in [-0.15, -0.1) is 0 Å². The first-order valence-corrected chi connectivity index (χ1v) is 7.51. The second kappa shape index (κ2) is 4.60. The van der Waals surface area contributed by atoms with Crippen LogP contribution in [0.5, 0.6) is 0 Å². The van der Waals surface area contributed by atoms with E-state index in [0.29, 0.717) is 24.9 Å². The van der Waals surface area contributed by atoms with Crippen molar-refractivity contribution in [2.24, 2.45) is 11.8 Å². The van der Waals surface area contributed by atoms with E-state index >= 15 is 0 Å². The van der Waals surface area contributed by atoms with Gasteiger partial charge in [-0.05, 0) is 31.3 Å². The maximum Gasteiger partial charge on any atom is 0.279 e. The van der Waals surface area contributed by atoms with Gasteiger partial charge in [0.1, 0.15) is 0 Å². The quantitative estimate of drug-likeness (QED) is 0.721. The number of hydrogen-bond donors (Lipinski definition) is 2. The minimum atomic E-state index is -3.26. The Bertz CT molecular complexity index is 344. The van der Waals surface area contributed by atoms with Crippen LogP contribution >= 0.6 is 0 Å². The van der Waals surface area contributed by atoms with E-state index < -0.39 is 10.2 Å². The fourth-order valence-corrected chi connectivity index (χ4v) is 4.61. The van der Waals surface area contributed by atoms with Gasteiger partial charge in [0.2, 0.25) is 0 Å². The highest BCUT2D eigenvalue weighted by molar-refractivity contribution is 7.87. The van der Waals surface area contributed by atoms with Gasteiger partial charge in [0.25, 0.3) is 10.2 Å². The normalized spacial score (nSPS) is 35.5. The summed E-state index contributed by atoms with van der Waals surface area (Å²) in [6.07, 6.45) is 0.896. The smallest absolute Gasteiger partial charge is 0.279 e. The summed E-state index contributed by atoms with van der Waals surface area (Å²) in [5.41, 5.74) is 0. The molecule has 0 aliphatic carbocycles. The van der Waals surface area contributed by atoms with E-state index in [9.17, 15) is 8.42 Å². The number of nitrogens with zero attached hydrogens (tertiary/aromatic N) is 1. The fraction of sp³-hybridized carbons (Fsp3) is 1.00. The molecule has 5 nitrogen and oxygen atoms in total. The maximum atomic E-state index is 12.0. The molecule has 3 unspecified atom stereocenters. The Kier molecular flexibility index (Phi) is 3.53. The van der Waals surface area contributed by atoms with Crippen LogP contribution in [0.4, 0.5) is 0 Å². The van der Waals surface area contributed by atoms with E-state index in [1.807, 2.05) is 6.92 Å². The largest absolute Gasteiger partial charge is 0.316 e. The van der Waals surface area contributed by atoms with Crippen LogP contribution in [-0.4, -0.2) is 44.9 Å². The lowest BCUT2D eigenvalue weighted by molar-refractivity contribution is 0.325. The molecule has 3 atom stereocenters. The molecule has 6 heteroatoms. The van der Waals surface area contributed by atoms with Crippen molar-refractivity contribution < 1.29 is 8.42 Å². The second-order valence-corrected chi connectivity index (χ2v) is 6.34. The molecule has 2 aliphatic heterocycles. The molecule has 0 spiro atoms. The minimum Gasteiger partial charge on any atom is -0.316 e. The average molecular weight is 247 g/mol. The van der Waals surface area contributed by atoms with Crippen LogP contribution < -0.4 is 10.0 Å². The maximum absolute atomic E-state index is 12.0. The molecular weight excluding hydrogens is 226 g/mol. The van der Waals surface area contributed by atoms with E-state index in [1.165, 1.54) is 0 Å². The first-order valence-electron chi connectivity index (χ1n) is 6.07. The molecule has 0 aromatic heterocycles. The molecule has 94 valence electrons. The van der Waals surface area contributed by atoms with Crippen LogP contribution in [0, 0.1) is 11.8 Å². The number of hydrogen-bond acceptors (Lipinski definition) is 3. The standard InChI is InChI=1S/C10H21N3O2S/c1-3-10-9-6-11-5-8(9)7-13(10)16(14,15)12-4-2/h8-12H,3-7H2,1-2H3. The summed E-state index contributed by atoms with van der Waals surface area (Å²) in [7, 11) is -3.26. The van der Waals surface area contributed by atoms with Crippen molar-refractivity contribution in [2.75, 3.05) is 26.2 Å². The summed E-state index contributed by atoms with van der Waals surface area (Å²) in [6.45, 7) is 6.94. The third kappa shape index (κ3) is 1.99. The zero-order chi connectivity index (χ0) is 11.8. The monoisotopic (exact) mass is 247 g/mol. The van der Waals surface area contributed by atoms with Gasteiger partial charge in [-0.1, -0.05) is 13.8 Å². The fourth-order valence-electron chi connectivity index (χ4n) is 3.03. The topological polar surface area (TPSA) is 61.4 Å². The lowest BCUT2D eigenvalue weighted by atomic mass is 9.93. The van der Waals surface area contributed by atoms with Crippen LogP contribution in [0.25, 0.3) is 0 Å². The van der Waals surface area contributed by atoms with Gasteiger partial charge in [-0.25, -0.2) is 4.72 Å². The predicted octanol–water partition coefficient (Wildman–Crippen LogP) is -0.229. The van der Waals surface area contributed by atoms with Gasteiger partial charge < -0.3 is 5.32 Å². The van der Waals surface area contributed by atoms with E-state index in [-0.39, 0.29) is 6.04 Å². The van der Waals surface area contributed by atoms with Crippen molar-refractivity contribution in [3.05, 3.63) is 0 Å². The summed E-state index contributed by atoms with van der Waals surface area (Å²) in [5.74, 6) is 0.997. The number of rotatable bonds is 4. The van der Waals surface area contributed by atoms with E-state index in [2.05, 4.69) is 17.0 Å². The lowest BCUT2D eigenvalue weighted by Gasteiger charge is -2.25. The van der Waals surface area contributed by atoms with Crippen LogP contribution in [0.3, 0.4) is 0 Å². The van der Waals surface area contributed by atoms with Gasteiger partial charge in [-0.3, -0.25) is 0 Å². The SMILES string of the molecule is CCNS(=O)(=O)N1CC2CNCC2C1CC. The van der Waals surface area contributed by atoms with Crippen molar-refractivity contribution in [1.29, 1.82) is 0 Å². The minimum absolute atomic E-state index is 0.170. The van der Waals surface area contributed by atoms with Gasteiger partial charge in [0.05, 0.1) is 0 Å². The van der Waals surface area contributed by atoms with Crippen molar-refractivity contribution in [3.63, 3.8) is 0 Å². The summed E-state index contributed by atoms with van der Waals surface area (Å²) < 4.78 is 28.3. The van der Waals surface area contributed by atoms with Gasteiger partial charge in [0, 0.05) is 19.1 Å². The van der Waals surface area contributed by atoms with E-state index in [0.717, 1.165) is 19.5 Å².